The molecule has 4 N–H and O–H groups in total. The third-order valence-electron chi connectivity index (χ3n) is 5.40. The number of fused-ring (bicyclic) bond motifs is 1. The van der Waals surface area contributed by atoms with Crippen LogP contribution in [0.5, 0.6) is 11.8 Å². The number of aromatic amines is 3. The van der Waals surface area contributed by atoms with Gasteiger partial charge in [-0.1, -0.05) is 30.3 Å². The summed E-state index contributed by atoms with van der Waals surface area (Å²) in [5.74, 6) is 2.36. The molecule has 2 aromatic carbocycles. The van der Waals surface area contributed by atoms with Crippen LogP contribution in [0, 0.1) is 0 Å². The molecule has 6 rings (SSSR count). The highest BCUT2D eigenvalue weighted by atomic mass is 16.5. The van der Waals surface area contributed by atoms with Crippen LogP contribution < -0.4 is 15.6 Å². The van der Waals surface area contributed by atoms with Gasteiger partial charge in [-0.3, -0.25) is 20.1 Å². The van der Waals surface area contributed by atoms with Crippen LogP contribution in [0.25, 0.3) is 22.2 Å². The summed E-state index contributed by atoms with van der Waals surface area (Å²) in [6.45, 7) is 0. The maximum Gasteiger partial charge on any atom is 0.324 e. The first-order valence-corrected chi connectivity index (χ1v) is 10.4. The molecule has 5 aromatic rings. The molecule has 9 heteroatoms. The normalized spacial score (nSPS) is 13.4. The Kier molecular flexibility index (Phi) is 4.24. The molecule has 0 amide bonds. The molecule has 0 spiro atoms. The van der Waals surface area contributed by atoms with Crippen LogP contribution in [0.3, 0.4) is 0 Å². The number of aromatic nitrogens is 6. The average molecular weight is 425 g/mol. The van der Waals surface area contributed by atoms with Gasteiger partial charge in [0.2, 0.25) is 0 Å². The van der Waals surface area contributed by atoms with Crippen LogP contribution in [0.15, 0.2) is 65.5 Å². The fourth-order valence-corrected chi connectivity index (χ4v) is 3.61. The van der Waals surface area contributed by atoms with Crippen LogP contribution in [-0.2, 0) is 0 Å². The van der Waals surface area contributed by atoms with E-state index in [1.807, 2.05) is 42.5 Å². The Balaban J connectivity index is 1.35. The van der Waals surface area contributed by atoms with E-state index in [0.29, 0.717) is 39.9 Å². The van der Waals surface area contributed by atoms with Gasteiger partial charge in [0.1, 0.15) is 11.6 Å². The van der Waals surface area contributed by atoms with E-state index >= 15 is 0 Å². The lowest BCUT2D eigenvalue weighted by molar-refractivity contribution is 0.444. The summed E-state index contributed by atoms with van der Waals surface area (Å²) < 4.78 is 5.96. The van der Waals surface area contributed by atoms with Gasteiger partial charge < -0.3 is 10.1 Å². The molecule has 158 valence electrons. The van der Waals surface area contributed by atoms with E-state index < -0.39 is 0 Å². The molecule has 0 unspecified atom stereocenters. The summed E-state index contributed by atoms with van der Waals surface area (Å²) in [5.41, 5.74) is 3.26. The Bertz CT molecular complexity index is 1460. The SMILES string of the molecule is O=c1[nH][nH]c2cc(Oc3nc(Nc4cc(C5CC5)[nH]n4)cc(-c4ccccc4)n3)ccc12. The van der Waals surface area contributed by atoms with Gasteiger partial charge in [0.05, 0.1) is 16.6 Å². The molecule has 3 heterocycles. The Morgan fingerprint density at radius 3 is 2.66 bits per heavy atom. The van der Waals surface area contributed by atoms with Gasteiger partial charge in [0.25, 0.3) is 5.56 Å². The molecule has 0 saturated heterocycles. The first-order valence-electron chi connectivity index (χ1n) is 10.4. The van der Waals surface area contributed by atoms with Crippen molar-refractivity contribution in [1.82, 2.24) is 30.4 Å². The third-order valence-corrected chi connectivity index (χ3v) is 5.40. The van der Waals surface area contributed by atoms with Crippen LogP contribution >= 0.6 is 0 Å². The summed E-state index contributed by atoms with van der Waals surface area (Å²) >= 11 is 0. The second-order valence-corrected chi connectivity index (χ2v) is 7.78. The van der Waals surface area contributed by atoms with Gasteiger partial charge in [0.15, 0.2) is 5.82 Å². The Morgan fingerprint density at radius 1 is 0.938 bits per heavy atom. The number of benzene rings is 2. The number of hydrogen-bond donors (Lipinski definition) is 4. The van der Waals surface area contributed by atoms with Crippen molar-refractivity contribution in [1.29, 1.82) is 0 Å². The van der Waals surface area contributed by atoms with Crippen LogP contribution in [0.1, 0.15) is 24.5 Å². The number of anilines is 2. The zero-order chi connectivity index (χ0) is 21.5. The van der Waals surface area contributed by atoms with Gasteiger partial charge in [-0.05, 0) is 25.0 Å². The predicted octanol–water partition coefficient (Wildman–Crippen LogP) is 4.45. The predicted molar refractivity (Wildman–Crippen MR) is 120 cm³/mol. The van der Waals surface area contributed by atoms with E-state index in [-0.39, 0.29) is 11.6 Å². The van der Waals surface area contributed by atoms with Gasteiger partial charge in [-0.15, -0.1) is 0 Å². The van der Waals surface area contributed by atoms with Crippen molar-refractivity contribution in [2.75, 3.05) is 5.32 Å². The Labute approximate surface area is 181 Å². The number of H-pyrrole nitrogens is 3. The zero-order valence-corrected chi connectivity index (χ0v) is 16.9. The maximum atomic E-state index is 11.7. The van der Waals surface area contributed by atoms with Crippen molar-refractivity contribution >= 4 is 22.5 Å². The summed E-state index contributed by atoms with van der Waals surface area (Å²) in [6, 6.07) is 19.0. The quantitative estimate of drug-likeness (QED) is 0.319. The fourth-order valence-electron chi connectivity index (χ4n) is 3.61. The van der Waals surface area contributed by atoms with E-state index in [1.165, 1.54) is 12.8 Å². The van der Waals surface area contributed by atoms with Crippen LogP contribution in [0.2, 0.25) is 0 Å². The lowest BCUT2D eigenvalue weighted by atomic mass is 10.1. The van der Waals surface area contributed by atoms with Crippen molar-refractivity contribution < 1.29 is 4.74 Å². The number of hydrogen-bond acceptors (Lipinski definition) is 6. The Hall–Kier alpha value is -4.40. The molecular weight excluding hydrogens is 406 g/mol. The molecule has 3 aromatic heterocycles. The highest BCUT2D eigenvalue weighted by Gasteiger charge is 2.25. The number of rotatable bonds is 6. The molecule has 32 heavy (non-hydrogen) atoms. The summed E-state index contributed by atoms with van der Waals surface area (Å²) in [6.07, 6.45) is 2.39. The zero-order valence-electron chi connectivity index (χ0n) is 16.9. The molecule has 0 bridgehead atoms. The lowest BCUT2D eigenvalue weighted by Crippen LogP contribution is -2.00. The topological polar surface area (TPSA) is 124 Å². The highest BCUT2D eigenvalue weighted by molar-refractivity contribution is 5.79. The Morgan fingerprint density at radius 2 is 1.81 bits per heavy atom. The minimum atomic E-state index is -0.176. The largest absolute Gasteiger partial charge is 0.424 e. The third kappa shape index (κ3) is 3.60. The van der Waals surface area contributed by atoms with Gasteiger partial charge in [-0.2, -0.15) is 15.1 Å². The van der Waals surface area contributed by atoms with Crippen molar-refractivity contribution in [3.8, 4) is 23.0 Å². The lowest BCUT2D eigenvalue weighted by Gasteiger charge is -2.10. The summed E-state index contributed by atoms with van der Waals surface area (Å²) in [5, 5.41) is 16.6. The van der Waals surface area contributed by atoms with E-state index in [4.69, 9.17) is 4.74 Å². The molecule has 0 aliphatic heterocycles. The van der Waals surface area contributed by atoms with Crippen molar-refractivity contribution in [3.63, 3.8) is 0 Å². The molecule has 0 atom stereocenters. The average Bonchev–Trinajstić information content (AvgIpc) is 3.46. The summed E-state index contributed by atoms with van der Waals surface area (Å²) in [7, 11) is 0. The first kappa shape index (κ1) is 18.4. The highest BCUT2D eigenvalue weighted by Crippen LogP contribution is 2.39. The minimum Gasteiger partial charge on any atom is -0.424 e. The van der Waals surface area contributed by atoms with E-state index in [1.54, 1.807) is 18.2 Å². The number of nitrogens with zero attached hydrogens (tertiary/aromatic N) is 3. The molecule has 1 aliphatic carbocycles. The van der Waals surface area contributed by atoms with Crippen LogP contribution in [0.4, 0.5) is 11.6 Å². The number of nitrogens with one attached hydrogen (secondary N) is 4. The molecule has 1 fully saturated rings. The van der Waals surface area contributed by atoms with Crippen molar-refractivity contribution in [3.05, 3.63) is 76.7 Å². The second kappa shape index (κ2) is 7.38. The summed E-state index contributed by atoms with van der Waals surface area (Å²) in [4.78, 5) is 20.9. The van der Waals surface area contributed by atoms with Gasteiger partial charge in [-0.25, -0.2) is 0 Å². The monoisotopic (exact) mass is 425 g/mol. The van der Waals surface area contributed by atoms with E-state index in [2.05, 4.69) is 35.7 Å². The minimum absolute atomic E-state index is 0.176. The maximum absolute atomic E-state index is 11.7. The van der Waals surface area contributed by atoms with E-state index in [0.717, 1.165) is 11.3 Å². The molecule has 1 saturated carbocycles. The number of ether oxygens (including phenoxy) is 1. The smallest absolute Gasteiger partial charge is 0.324 e. The van der Waals surface area contributed by atoms with E-state index in [9.17, 15) is 4.79 Å². The fraction of sp³-hybridized carbons (Fsp3) is 0.130. The molecule has 1 aliphatic rings. The van der Waals surface area contributed by atoms with Gasteiger partial charge >= 0.3 is 6.01 Å². The van der Waals surface area contributed by atoms with Crippen LogP contribution in [-0.4, -0.2) is 30.4 Å². The molecule has 0 radical (unpaired) electrons. The van der Waals surface area contributed by atoms with Crippen molar-refractivity contribution in [2.45, 2.75) is 18.8 Å². The first-order chi connectivity index (χ1) is 15.7. The van der Waals surface area contributed by atoms with Crippen molar-refractivity contribution in [2.24, 2.45) is 0 Å². The standard InChI is InChI=1S/C23H19N7O2/c31-22-16-9-8-15(10-19(16)28-30-22)32-23-24-17(13-4-2-1-3-5-13)11-20(26-23)25-21-12-18(27-29-21)14-6-7-14/h1-5,8-12,14H,6-7H2,(H2,28,30,31)(H2,24,25,26,27,29). The van der Waals surface area contributed by atoms with Gasteiger partial charge in [0, 0.05) is 35.4 Å². The molecule has 9 nitrogen and oxygen atoms in total. The molecular formula is C23H19N7O2. The second-order valence-electron chi connectivity index (χ2n) is 7.78.